The summed E-state index contributed by atoms with van der Waals surface area (Å²) in [5, 5.41) is 7.18. The molecule has 4 nitrogen and oxygen atoms in total. The van der Waals surface area contributed by atoms with Crippen molar-refractivity contribution in [1.29, 1.82) is 0 Å². The van der Waals surface area contributed by atoms with Crippen LogP contribution in [0.5, 0.6) is 0 Å². The van der Waals surface area contributed by atoms with Crippen LogP contribution in [-0.4, -0.2) is 12.2 Å². The SMILES string of the molecule is CNCc1noc2c1CCc1occc1-2. The highest BCUT2D eigenvalue weighted by Crippen LogP contribution is 2.35. The molecule has 2 aromatic rings. The molecule has 0 saturated heterocycles. The van der Waals surface area contributed by atoms with Crippen molar-refractivity contribution < 1.29 is 8.94 Å². The van der Waals surface area contributed by atoms with Crippen molar-refractivity contribution in [3.05, 3.63) is 29.3 Å². The number of hydrogen-bond donors (Lipinski definition) is 1. The van der Waals surface area contributed by atoms with Gasteiger partial charge in [0.25, 0.3) is 0 Å². The summed E-state index contributed by atoms with van der Waals surface area (Å²) < 4.78 is 10.8. The van der Waals surface area contributed by atoms with E-state index in [1.807, 2.05) is 13.1 Å². The zero-order valence-electron chi connectivity index (χ0n) is 8.54. The predicted molar refractivity (Wildman–Crippen MR) is 54.4 cm³/mol. The van der Waals surface area contributed by atoms with Crippen LogP contribution in [0.4, 0.5) is 0 Å². The molecule has 0 bridgehead atoms. The summed E-state index contributed by atoms with van der Waals surface area (Å²) in [6, 6.07) is 1.95. The molecule has 0 amide bonds. The highest BCUT2D eigenvalue weighted by atomic mass is 16.5. The van der Waals surface area contributed by atoms with Crippen molar-refractivity contribution in [1.82, 2.24) is 10.5 Å². The van der Waals surface area contributed by atoms with Crippen molar-refractivity contribution >= 4 is 0 Å². The molecule has 0 atom stereocenters. The van der Waals surface area contributed by atoms with Crippen molar-refractivity contribution in [2.24, 2.45) is 0 Å². The number of rotatable bonds is 2. The fourth-order valence-corrected chi connectivity index (χ4v) is 2.09. The molecule has 2 heterocycles. The van der Waals surface area contributed by atoms with Gasteiger partial charge >= 0.3 is 0 Å². The van der Waals surface area contributed by atoms with Gasteiger partial charge < -0.3 is 14.3 Å². The Morgan fingerprint density at radius 2 is 2.40 bits per heavy atom. The van der Waals surface area contributed by atoms with Crippen molar-refractivity contribution in [2.75, 3.05) is 7.05 Å². The van der Waals surface area contributed by atoms with Gasteiger partial charge in [0, 0.05) is 18.5 Å². The molecule has 0 saturated carbocycles. The second-order valence-electron chi connectivity index (χ2n) is 3.72. The number of fused-ring (bicyclic) bond motifs is 3. The smallest absolute Gasteiger partial charge is 0.173 e. The average molecular weight is 204 g/mol. The molecule has 0 aromatic carbocycles. The van der Waals surface area contributed by atoms with Gasteiger partial charge in [-0.15, -0.1) is 0 Å². The van der Waals surface area contributed by atoms with Gasteiger partial charge in [-0.05, 0) is 19.5 Å². The Balaban J connectivity index is 2.11. The Hall–Kier alpha value is -1.55. The number of aromatic nitrogens is 1. The lowest BCUT2D eigenvalue weighted by atomic mass is 9.95. The van der Waals surface area contributed by atoms with Crippen molar-refractivity contribution in [3.8, 4) is 11.3 Å². The van der Waals surface area contributed by atoms with E-state index in [-0.39, 0.29) is 0 Å². The molecule has 15 heavy (non-hydrogen) atoms. The molecule has 1 N–H and O–H groups in total. The van der Waals surface area contributed by atoms with Crippen LogP contribution in [0.25, 0.3) is 11.3 Å². The van der Waals surface area contributed by atoms with Crippen LogP contribution in [0.2, 0.25) is 0 Å². The quantitative estimate of drug-likeness (QED) is 0.809. The Morgan fingerprint density at radius 3 is 3.27 bits per heavy atom. The first kappa shape index (κ1) is 8.73. The van der Waals surface area contributed by atoms with E-state index in [4.69, 9.17) is 8.94 Å². The summed E-state index contributed by atoms with van der Waals surface area (Å²) >= 11 is 0. The van der Waals surface area contributed by atoms with Crippen LogP contribution < -0.4 is 5.32 Å². The van der Waals surface area contributed by atoms with E-state index in [9.17, 15) is 0 Å². The first-order chi connectivity index (χ1) is 7.40. The minimum atomic E-state index is 0.756. The number of nitrogens with one attached hydrogen (secondary N) is 1. The molecular weight excluding hydrogens is 192 g/mol. The largest absolute Gasteiger partial charge is 0.469 e. The van der Waals surface area contributed by atoms with E-state index in [1.54, 1.807) is 6.26 Å². The Bertz CT molecular complexity index is 484. The van der Waals surface area contributed by atoms with E-state index < -0.39 is 0 Å². The highest BCUT2D eigenvalue weighted by molar-refractivity contribution is 5.66. The standard InChI is InChI=1S/C11H12N2O2/c1-12-6-9-7-2-3-10-8(4-5-14-10)11(7)15-13-9/h4-5,12H,2-3,6H2,1H3. The minimum absolute atomic E-state index is 0.756. The molecule has 4 heteroatoms. The predicted octanol–water partition coefficient (Wildman–Crippen LogP) is 1.75. The van der Waals surface area contributed by atoms with Crippen LogP contribution in [0.15, 0.2) is 21.3 Å². The fraction of sp³-hybridized carbons (Fsp3) is 0.364. The van der Waals surface area contributed by atoms with Crippen LogP contribution in [0.3, 0.4) is 0 Å². The van der Waals surface area contributed by atoms with E-state index in [0.717, 1.165) is 42.2 Å². The van der Waals surface area contributed by atoms with Crippen LogP contribution in [0.1, 0.15) is 17.0 Å². The summed E-state index contributed by atoms with van der Waals surface area (Å²) in [6.07, 6.45) is 3.60. The Morgan fingerprint density at radius 1 is 1.47 bits per heavy atom. The third kappa shape index (κ3) is 1.22. The minimum Gasteiger partial charge on any atom is -0.469 e. The number of nitrogens with zero attached hydrogens (tertiary/aromatic N) is 1. The lowest BCUT2D eigenvalue weighted by molar-refractivity contribution is 0.418. The summed E-state index contributed by atoms with van der Waals surface area (Å²) in [7, 11) is 1.91. The van der Waals surface area contributed by atoms with Gasteiger partial charge in [-0.25, -0.2) is 0 Å². The van der Waals surface area contributed by atoms with Gasteiger partial charge in [0.05, 0.1) is 11.8 Å². The molecule has 78 valence electrons. The molecule has 0 unspecified atom stereocenters. The number of aryl methyl sites for hydroxylation is 1. The fourth-order valence-electron chi connectivity index (χ4n) is 2.09. The van der Waals surface area contributed by atoms with Crippen LogP contribution >= 0.6 is 0 Å². The third-order valence-electron chi connectivity index (χ3n) is 2.81. The Labute approximate surface area is 87.3 Å². The summed E-state index contributed by atoms with van der Waals surface area (Å²) in [4.78, 5) is 0. The first-order valence-electron chi connectivity index (χ1n) is 5.09. The van der Waals surface area contributed by atoms with Gasteiger partial charge in [0.1, 0.15) is 11.5 Å². The Kier molecular flexibility index (Phi) is 1.89. The molecule has 0 radical (unpaired) electrons. The highest BCUT2D eigenvalue weighted by Gasteiger charge is 2.25. The number of hydrogen-bond acceptors (Lipinski definition) is 4. The maximum atomic E-state index is 5.38. The molecule has 2 aromatic heterocycles. The van der Waals surface area contributed by atoms with Gasteiger partial charge in [0.2, 0.25) is 0 Å². The molecule has 3 rings (SSSR count). The van der Waals surface area contributed by atoms with Crippen LogP contribution in [0, 0.1) is 0 Å². The normalized spacial score (nSPS) is 13.7. The second kappa shape index (κ2) is 3.24. The van der Waals surface area contributed by atoms with E-state index >= 15 is 0 Å². The first-order valence-corrected chi connectivity index (χ1v) is 5.09. The van der Waals surface area contributed by atoms with Crippen molar-refractivity contribution in [2.45, 2.75) is 19.4 Å². The van der Waals surface area contributed by atoms with Gasteiger partial charge in [0.15, 0.2) is 5.76 Å². The van der Waals surface area contributed by atoms with E-state index in [0.29, 0.717) is 0 Å². The van der Waals surface area contributed by atoms with Gasteiger partial charge in [-0.1, -0.05) is 5.16 Å². The number of furan rings is 1. The molecule has 0 aliphatic heterocycles. The van der Waals surface area contributed by atoms with E-state index in [2.05, 4.69) is 10.5 Å². The maximum Gasteiger partial charge on any atom is 0.173 e. The third-order valence-corrected chi connectivity index (χ3v) is 2.81. The molecule has 0 fully saturated rings. The maximum absolute atomic E-state index is 5.38. The topological polar surface area (TPSA) is 51.2 Å². The molecule has 1 aliphatic carbocycles. The van der Waals surface area contributed by atoms with Gasteiger partial charge in [-0.2, -0.15) is 0 Å². The zero-order valence-corrected chi connectivity index (χ0v) is 8.54. The lowest BCUT2D eigenvalue weighted by Gasteiger charge is -2.08. The van der Waals surface area contributed by atoms with Crippen LogP contribution in [-0.2, 0) is 19.4 Å². The van der Waals surface area contributed by atoms with Gasteiger partial charge in [-0.3, -0.25) is 0 Å². The van der Waals surface area contributed by atoms with Crippen molar-refractivity contribution in [3.63, 3.8) is 0 Å². The summed E-state index contributed by atoms with van der Waals surface area (Å²) in [6.45, 7) is 0.756. The van der Waals surface area contributed by atoms with E-state index in [1.165, 1.54) is 5.56 Å². The molecule has 0 spiro atoms. The summed E-state index contributed by atoms with van der Waals surface area (Å²) in [5.74, 6) is 1.89. The summed E-state index contributed by atoms with van der Waals surface area (Å²) in [5.41, 5.74) is 3.30. The monoisotopic (exact) mass is 204 g/mol. The lowest BCUT2D eigenvalue weighted by Crippen LogP contribution is -2.09. The second-order valence-corrected chi connectivity index (χ2v) is 3.72. The molecule has 1 aliphatic rings. The average Bonchev–Trinajstić information content (AvgIpc) is 2.83. The molecular formula is C11H12N2O2. The zero-order chi connectivity index (χ0) is 10.3.